The van der Waals surface area contributed by atoms with Crippen LogP contribution in [0.15, 0.2) is 55.4 Å². The van der Waals surface area contributed by atoms with E-state index in [-0.39, 0.29) is 11.9 Å². The molecular formula is C35H42ClFN8O3. The number of nitrogens with zero attached hydrogens (tertiary/aromatic N) is 6. The number of anilines is 5. The number of halogens is 2. The maximum absolute atomic E-state index is 14.2. The largest absolute Gasteiger partial charge is 0.494 e. The lowest BCUT2D eigenvalue weighted by Crippen LogP contribution is -2.45. The number of fused-ring (bicyclic) bond motifs is 1. The highest BCUT2D eigenvalue weighted by Gasteiger charge is 2.42. The number of methoxy groups -OCH3 is 1. The van der Waals surface area contributed by atoms with Gasteiger partial charge in [-0.2, -0.15) is 0 Å². The molecule has 11 nitrogen and oxygen atoms in total. The predicted octanol–water partition coefficient (Wildman–Crippen LogP) is 5.63. The zero-order valence-electron chi connectivity index (χ0n) is 27.4. The van der Waals surface area contributed by atoms with Crippen molar-refractivity contribution in [3.8, 4) is 5.75 Å². The molecule has 0 spiro atoms. The number of likely N-dealkylation sites (tertiary alicyclic amines) is 2. The van der Waals surface area contributed by atoms with Crippen molar-refractivity contribution in [2.24, 2.45) is 5.92 Å². The van der Waals surface area contributed by atoms with E-state index >= 15 is 0 Å². The van der Waals surface area contributed by atoms with Crippen LogP contribution in [0.25, 0.3) is 0 Å². The second-order valence-corrected chi connectivity index (χ2v) is 13.5. The Morgan fingerprint density at radius 1 is 1.06 bits per heavy atom. The number of likely N-dealkylation sites (N-methyl/N-ethyl adjacent to an activating group) is 1. The standard InChI is InChI=1S/C35H42ClFN8O3/c1-4-35(46)41-27-16-28(40-33-18-34(39-21-38-33)45-29(8-12-48-45)23-13-24(36)15-25(37)14-23)32(47-3)17-30(27)43-10-6-26(7-11-43)44-19-22-5-9-42(2)31(22)20-44/h4,13-18,21-22,26,29,31H,1,5-12,19-20H2,2-3H3,(H,41,46)(H,38,39,40)/t22-,29+,31+/m0/s1. The van der Waals surface area contributed by atoms with Crippen LogP contribution < -0.4 is 25.3 Å². The van der Waals surface area contributed by atoms with E-state index in [0.717, 1.165) is 44.1 Å². The minimum Gasteiger partial charge on any atom is -0.494 e. The Hall–Kier alpha value is -3.97. The molecule has 3 aromatic rings. The van der Waals surface area contributed by atoms with Gasteiger partial charge in [-0.15, -0.1) is 0 Å². The van der Waals surface area contributed by atoms with Gasteiger partial charge in [0.05, 0.1) is 36.8 Å². The van der Waals surface area contributed by atoms with Crippen molar-refractivity contribution in [3.63, 3.8) is 0 Å². The normalized spacial score (nSPS) is 23.4. The molecule has 1 amide bonds. The van der Waals surface area contributed by atoms with E-state index in [1.807, 2.05) is 12.1 Å². The number of ether oxygens (including phenoxy) is 1. The number of benzene rings is 2. The third-order valence-electron chi connectivity index (χ3n) is 10.3. The zero-order valence-corrected chi connectivity index (χ0v) is 28.1. The van der Waals surface area contributed by atoms with Gasteiger partial charge in [0.15, 0.2) is 5.82 Å². The molecule has 0 bridgehead atoms. The van der Waals surface area contributed by atoms with Crippen molar-refractivity contribution in [2.75, 3.05) is 74.1 Å². The van der Waals surface area contributed by atoms with E-state index in [1.165, 1.54) is 44.0 Å². The van der Waals surface area contributed by atoms with Crippen molar-refractivity contribution in [3.05, 3.63) is 71.8 Å². The molecule has 4 saturated heterocycles. The molecule has 0 aliphatic carbocycles. The number of piperidine rings is 1. The first-order valence-electron chi connectivity index (χ1n) is 16.6. The first-order chi connectivity index (χ1) is 23.3. The lowest BCUT2D eigenvalue weighted by Gasteiger charge is -2.39. The molecule has 0 unspecified atom stereocenters. The number of rotatable bonds is 9. The number of carbonyl (C=O) groups is 1. The molecule has 5 heterocycles. The van der Waals surface area contributed by atoms with Gasteiger partial charge in [-0.05, 0) is 74.7 Å². The van der Waals surface area contributed by atoms with E-state index in [4.69, 9.17) is 21.2 Å². The summed E-state index contributed by atoms with van der Waals surface area (Å²) in [6.07, 6.45) is 6.77. The molecular weight excluding hydrogens is 635 g/mol. The molecule has 4 aliphatic heterocycles. The Balaban J connectivity index is 1.10. The third kappa shape index (κ3) is 6.67. The van der Waals surface area contributed by atoms with Crippen LogP contribution in [0.1, 0.15) is 37.3 Å². The number of nitrogens with one attached hydrogen (secondary N) is 2. The molecule has 0 radical (unpaired) electrons. The second-order valence-electron chi connectivity index (χ2n) is 13.1. The molecule has 4 fully saturated rings. The molecule has 2 aromatic carbocycles. The number of carbonyl (C=O) groups excluding carboxylic acids is 1. The Kier molecular flexibility index (Phi) is 9.41. The van der Waals surface area contributed by atoms with Crippen LogP contribution in [-0.4, -0.2) is 91.2 Å². The van der Waals surface area contributed by atoms with E-state index < -0.39 is 5.82 Å². The first-order valence-corrected chi connectivity index (χ1v) is 17.0. The minimum absolute atomic E-state index is 0.272. The van der Waals surface area contributed by atoms with Gasteiger partial charge in [0.25, 0.3) is 0 Å². The number of amides is 1. The van der Waals surface area contributed by atoms with Crippen LogP contribution in [0, 0.1) is 11.7 Å². The summed E-state index contributed by atoms with van der Waals surface area (Å²) in [7, 11) is 3.88. The van der Waals surface area contributed by atoms with Crippen molar-refractivity contribution >= 4 is 46.2 Å². The SMILES string of the molecule is C=CC(=O)Nc1cc(Nc2cc(N3OCC[C@@H]3c3cc(F)cc(Cl)c3)ncn2)c(OC)cc1N1CCC(N2C[C@@H]3CCN(C)[C@@H]3C2)CC1. The van der Waals surface area contributed by atoms with Crippen LogP contribution >= 0.6 is 11.6 Å². The maximum Gasteiger partial charge on any atom is 0.247 e. The second kappa shape index (κ2) is 13.9. The van der Waals surface area contributed by atoms with E-state index in [9.17, 15) is 9.18 Å². The molecule has 7 rings (SSSR count). The van der Waals surface area contributed by atoms with Gasteiger partial charge in [-0.25, -0.2) is 19.4 Å². The van der Waals surface area contributed by atoms with Gasteiger partial charge in [-0.1, -0.05) is 18.2 Å². The number of hydrogen-bond donors (Lipinski definition) is 2. The minimum atomic E-state index is -0.407. The number of hydroxylamine groups is 1. The van der Waals surface area contributed by atoms with Gasteiger partial charge >= 0.3 is 0 Å². The Labute approximate surface area is 285 Å². The number of aromatic nitrogens is 2. The van der Waals surface area contributed by atoms with Gasteiger partial charge < -0.3 is 25.2 Å². The van der Waals surface area contributed by atoms with E-state index in [2.05, 4.69) is 48.9 Å². The fraction of sp³-hybridized carbons (Fsp3) is 0.457. The number of hydrogen-bond acceptors (Lipinski definition) is 10. The van der Waals surface area contributed by atoms with E-state index in [0.29, 0.717) is 64.5 Å². The van der Waals surface area contributed by atoms with Crippen molar-refractivity contribution in [1.29, 1.82) is 0 Å². The molecule has 3 atom stereocenters. The topological polar surface area (TPSA) is 98.3 Å². The Morgan fingerprint density at radius 3 is 2.65 bits per heavy atom. The van der Waals surface area contributed by atoms with Crippen LogP contribution in [0.3, 0.4) is 0 Å². The zero-order chi connectivity index (χ0) is 33.4. The Morgan fingerprint density at radius 2 is 1.90 bits per heavy atom. The van der Waals surface area contributed by atoms with E-state index in [1.54, 1.807) is 24.3 Å². The van der Waals surface area contributed by atoms with Crippen molar-refractivity contribution in [2.45, 2.75) is 43.8 Å². The van der Waals surface area contributed by atoms with Crippen LogP contribution in [0.2, 0.25) is 5.02 Å². The van der Waals surface area contributed by atoms with Gasteiger partial charge in [0, 0.05) is 61.8 Å². The summed E-state index contributed by atoms with van der Waals surface area (Å²) in [6.45, 7) is 9.43. The molecule has 4 aliphatic rings. The van der Waals surface area contributed by atoms with Gasteiger partial charge in [-0.3, -0.25) is 14.5 Å². The lowest BCUT2D eigenvalue weighted by molar-refractivity contribution is -0.111. The summed E-state index contributed by atoms with van der Waals surface area (Å²) >= 11 is 6.15. The smallest absolute Gasteiger partial charge is 0.247 e. The summed E-state index contributed by atoms with van der Waals surface area (Å²) in [5.41, 5.74) is 2.86. The predicted molar refractivity (Wildman–Crippen MR) is 186 cm³/mol. The molecule has 13 heteroatoms. The molecule has 0 saturated carbocycles. The Bertz CT molecular complexity index is 1650. The van der Waals surface area contributed by atoms with Crippen LogP contribution in [0.4, 0.5) is 33.1 Å². The summed E-state index contributed by atoms with van der Waals surface area (Å²) in [5.74, 6) is 1.68. The van der Waals surface area contributed by atoms with Crippen molar-refractivity contribution in [1.82, 2.24) is 19.8 Å². The lowest BCUT2D eigenvalue weighted by atomic mass is 10.0. The molecule has 2 N–H and O–H groups in total. The summed E-state index contributed by atoms with van der Waals surface area (Å²) in [4.78, 5) is 34.9. The summed E-state index contributed by atoms with van der Waals surface area (Å²) in [6, 6.07) is 11.0. The highest BCUT2D eigenvalue weighted by molar-refractivity contribution is 6.30. The quantitative estimate of drug-likeness (QED) is 0.278. The molecule has 254 valence electrons. The van der Waals surface area contributed by atoms with Crippen molar-refractivity contribution < 1.29 is 18.8 Å². The third-order valence-corrected chi connectivity index (χ3v) is 10.5. The van der Waals surface area contributed by atoms with Gasteiger partial charge in [0.2, 0.25) is 5.91 Å². The molecule has 1 aromatic heterocycles. The summed E-state index contributed by atoms with van der Waals surface area (Å²) < 4.78 is 20.0. The highest BCUT2D eigenvalue weighted by Crippen LogP contribution is 2.41. The monoisotopic (exact) mass is 676 g/mol. The summed E-state index contributed by atoms with van der Waals surface area (Å²) in [5, 5.41) is 8.33. The first kappa shape index (κ1) is 32.6. The average molecular weight is 677 g/mol. The van der Waals surface area contributed by atoms with Crippen LogP contribution in [0.5, 0.6) is 5.75 Å². The average Bonchev–Trinajstić information content (AvgIpc) is 3.83. The maximum atomic E-state index is 14.2. The fourth-order valence-electron chi connectivity index (χ4n) is 7.80. The highest BCUT2D eigenvalue weighted by atomic mass is 35.5. The fourth-order valence-corrected chi connectivity index (χ4v) is 8.03. The molecule has 48 heavy (non-hydrogen) atoms. The van der Waals surface area contributed by atoms with Crippen LogP contribution in [-0.2, 0) is 9.63 Å². The van der Waals surface area contributed by atoms with Gasteiger partial charge in [0.1, 0.15) is 23.7 Å².